The lowest BCUT2D eigenvalue weighted by atomic mass is 10.1. The Morgan fingerprint density at radius 2 is 2.00 bits per heavy atom. The molecule has 3 N–H and O–H groups in total. The molecule has 1 fully saturated rings. The Morgan fingerprint density at radius 3 is 2.67 bits per heavy atom. The van der Waals surface area contributed by atoms with Crippen molar-refractivity contribution in [1.82, 2.24) is 5.32 Å². The van der Waals surface area contributed by atoms with Crippen molar-refractivity contribution in [3.63, 3.8) is 0 Å². The van der Waals surface area contributed by atoms with Crippen molar-refractivity contribution in [1.29, 1.82) is 0 Å². The normalized spacial score (nSPS) is 31.7. The summed E-state index contributed by atoms with van der Waals surface area (Å²) in [6.45, 7) is 0.817. The summed E-state index contributed by atoms with van der Waals surface area (Å²) in [7, 11) is 1.72. The molecular weight excluding hydrogens is 234 g/mol. The molecule has 0 aliphatic carbocycles. The average Bonchev–Trinajstić information content (AvgIpc) is 2.66. The molecule has 1 aliphatic heterocycles. The third-order valence-corrected chi connectivity index (χ3v) is 3.10. The third-order valence-electron chi connectivity index (χ3n) is 3.10. The van der Waals surface area contributed by atoms with E-state index in [0.717, 1.165) is 5.56 Å². The van der Waals surface area contributed by atoms with Crippen LogP contribution < -0.4 is 5.32 Å². The maximum Gasteiger partial charge on any atom is 0.182 e. The molecular formula is C13H19NO4. The molecule has 1 aliphatic rings. The predicted octanol–water partition coefficient (Wildman–Crippen LogP) is -0.131. The van der Waals surface area contributed by atoms with Crippen LogP contribution in [0, 0.1) is 0 Å². The van der Waals surface area contributed by atoms with Gasteiger partial charge in [-0.3, -0.25) is 0 Å². The molecule has 0 saturated carbocycles. The molecule has 1 aromatic carbocycles. The smallest absolute Gasteiger partial charge is 0.182 e. The molecule has 1 saturated heterocycles. The van der Waals surface area contributed by atoms with Gasteiger partial charge in [-0.15, -0.1) is 0 Å². The highest BCUT2D eigenvalue weighted by Gasteiger charge is 2.41. The molecule has 0 spiro atoms. The lowest BCUT2D eigenvalue weighted by Crippen LogP contribution is -2.44. The lowest BCUT2D eigenvalue weighted by Gasteiger charge is -2.19. The number of likely N-dealkylation sites (N-methyl/N-ethyl adjacent to an activating group) is 1. The largest absolute Gasteiger partial charge is 0.386 e. The minimum Gasteiger partial charge on any atom is -0.386 e. The molecule has 100 valence electrons. The number of benzene rings is 1. The first-order valence-corrected chi connectivity index (χ1v) is 6.03. The van der Waals surface area contributed by atoms with Gasteiger partial charge >= 0.3 is 0 Å². The van der Waals surface area contributed by atoms with E-state index in [1.54, 1.807) is 7.05 Å². The van der Waals surface area contributed by atoms with E-state index in [9.17, 15) is 10.2 Å². The van der Waals surface area contributed by atoms with Gasteiger partial charge in [-0.25, -0.2) is 0 Å². The van der Waals surface area contributed by atoms with E-state index in [2.05, 4.69) is 5.32 Å². The first kappa shape index (κ1) is 13.5. The first-order valence-electron chi connectivity index (χ1n) is 6.03. The molecule has 2 rings (SSSR count). The molecule has 1 aromatic rings. The number of hydrogen-bond acceptors (Lipinski definition) is 5. The molecule has 5 nitrogen and oxygen atoms in total. The summed E-state index contributed by atoms with van der Waals surface area (Å²) in [4.78, 5) is 0. The van der Waals surface area contributed by atoms with Crippen LogP contribution in [0.3, 0.4) is 0 Å². The molecule has 0 bridgehead atoms. The summed E-state index contributed by atoms with van der Waals surface area (Å²) in [6, 6.07) is 9.51. The Bertz CT molecular complexity index is 359. The third kappa shape index (κ3) is 3.07. The van der Waals surface area contributed by atoms with Crippen molar-refractivity contribution in [3.8, 4) is 0 Å². The monoisotopic (exact) mass is 253 g/mol. The van der Waals surface area contributed by atoms with E-state index in [-0.39, 0.29) is 12.1 Å². The molecule has 0 amide bonds. The Balaban J connectivity index is 1.80. The van der Waals surface area contributed by atoms with Crippen LogP contribution in [0.5, 0.6) is 0 Å². The molecule has 5 heteroatoms. The Labute approximate surface area is 106 Å². The van der Waals surface area contributed by atoms with Crippen LogP contribution in [0.25, 0.3) is 0 Å². The quantitative estimate of drug-likeness (QED) is 0.682. The van der Waals surface area contributed by atoms with E-state index in [0.29, 0.717) is 13.2 Å². The highest BCUT2D eigenvalue weighted by atomic mass is 16.6. The summed E-state index contributed by atoms with van der Waals surface area (Å²) in [5.41, 5.74) is 1.08. The SMILES string of the molecule is CN[C@@H]1[C@@H](O)[C@H](O)O[C@@H]1COCc1ccccc1. The van der Waals surface area contributed by atoms with Crippen molar-refractivity contribution in [2.45, 2.75) is 31.1 Å². The highest BCUT2D eigenvalue weighted by Crippen LogP contribution is 2.20. The van der Waals surface area contributed by atoms with E-state index in [1.165, 1.54) is 0 Å². The van der Waals surface area contributed by atoms with Crippen LogP contribution in [-0.2, 0) is 16.1 Å². The predicted molar refractivity (Wildman–Crippen MR) is 65.8 cm³/mol. The number of aliphatic hydroxyl groups is 2. The van der Waals surface area contributed by atoms with Crippen LogP contribution in [0.1, 0.15) is 5.56 Å². The zero-order valence-electron chi connectivity index (χ0n) is 10.3. The number of hydrogen-bond donors (Lipinski definition) is 3. The van der Waals surface area contributed by atoms with Crippen LogP contribution in [-0.4, -0.2) is 48.4 Å². The number of nitrogens with one attached hydrogen (secondary N) is 1. The van der Waals surface area contributed by atoms with Crippen molar-refractivity contribution in [2.24, 2.45) is 0 Å². The molecule has 4 atom stereocenters. The molecule has 18 heavy (non-hydrogen) atoms. The summed E-state index contributed by atoms with van der Waals surface area (Å²) in [5, 5.41) is 22.0. The zero-order chi connectivity index (χ0) is 13.0. The Morgan fingerprint density at radius 1 is 1.28 bits per heavy atom. The topological polar surface area (TPSA) is 71.0 Å². The average molecular weight is 253 g/mol. The van der Waals surface area contributed by atoms with E-state index in [4.69, 9.17) is 9.47 Å². The summed E-state index contributed by atoms with van der Waals surface area (Å²) < 4.78 is 10.8. The number of rotatable bonds is 5. The first-order chi connectivity index (χ1) is 8.72. The molecule has 0 unspecified atom stereocenters. The standard InChI is InChI=1S/C13H19NO4/c1-14-11-10(18-13(16)12(11)15)8-17-7-9-5-3-2-4-6-9/h2-6,10-16H,7-8H2,1H3/t10-,11+,12-,13-/m1/s1. The number of aliphatic hydroxyl groups excluding tert-OH is 2. The van der Waals surface area contributed by atoms with Gasteiger partial charge in [0.05, 0.1) is 19.3 Å². The van der Waals surface area contributed by atoms with E-state index < -0.39 is 12.4 Å². The maximum absolute atomic E-state index is 9.65. The fourth-order valence-corrected chi connectivity index (χ4v) is 2.11. The molecule has 0 aromatic heterocycles. The summed E-state index contributed by atoms with van der Waals surface area (Å²) in [6.07, 6.45) is -2.41. The molecule has 0 radical (unpaired) electrons. The Hall–Kier alpha value is -0.980. The second-order valence-corrected chi connectivity index (χ2v) is 4.37. The summed E-state index contributed by atoms with van der Waals surface area (Å²) in [5.74, 6) is 0. The van der Waals surface area contributed by atoms with Gasteiger partial charge in [-0.05, 0) is 12.6 Å². The van der Waals surface area contributed by atoms with Crippen LogP contribution in [0.15, 0.2) is 30.3 Å². The van der Waals surface area contributed by atoms with Gasteiger partial charge in [0.25, 0.3) is 0 Å². The maximum atomic E-state index is 9.65. The van der Waals surface area contributed by atoms with E-state index in [1.807, 2.05) is 30.3 Å². The van der Waals surface area contributed by atoms with Gasteiger partial charge < -0.3 is 25.0 Å². The van der Waals surface area contributed by atoms with Crippen molar-refractivity contribution < 1.29 is 19.7 Å². The van der Waals surface area contributed by atoms with Gasteiger partial charge in [0.15, 0.2) is 6.29 Å². The van der Waals surface area contributed by atoms with Crippen molar-refractivity contribution in [3.05, 3.63) is 35.9 Å². The van der Waals surface area contributed by atoms with Crippen LogP contribution in [0.4, 0.5) is 0 Å². The minimum atomic E-state index is -1.15. The van der Waals surface area contributed by atoms with Crippen molar-refractivity contribution in [2.75, 3.05) is 13.7 Å². The second kappa shape index (κ2) is 6.26. The molecule has 1 heterocycles. The van der Waals surface area contributed by atoms with Crippen LogP contribution >= 0.6 is 0 Å². The fraction of sp³-hybridized carbons (Fsp3) is 0.538. The highest BCUT2D eigenvalue weighted by molar-refractivity contribution is 5.13. The fourth-order valence-electron chi connectivity index (χ4n) is 2.11. The van der Waals surface area contributed by atoms with Crippen LogP contribution in [0.2, 0.25) is 0 Å². The minimum absolute atomic E-state index is 0.309. The van der Waals surface area contributed by atoms with Gasteiger partial charge in [0, 0.05) is 0 Å². The zero-order valence-corrected chi connectivity index (χ0v) is 10.3. The Kier molecular flexibility index (Phi) is 4.68. The van der Waals surface area contributed by atoms with Gasteiger partial charge in [-0.2, -0.15) is 0 Å². The second-order valence-electron chi connectivity index (χ2n) is 4.37. The van der Waals surface area contributed by atoms with E-state index >= 15 is 0 Å². The van der Waals surface area contributed by atoms with Crippen molar-refractivity contribution >= 4 is 0 Å². The number of ether oxygens (including phenoxy) is 2. The van der Waals surface area contributed by atoms with Gasteiger partial charge in [0.2, 0.25) is 0 Å². The van der Waals surface area contributed by atoms with Gasteiger partial charge in [-0.1, -0.05) is 30.3 Å². The lowest BCUT2D eigenvalue weighted by molar-refractivity contribution is -0.137. The van der Waals surface area contributed by atoms with Gasteiger partial charge in [0.1, 0.15) is 12.2 Å². The summed E-state index contributed by atoms with van der Waals surface area (Å²) >= 11 is 0.